The van der Waals surface area contributed by atoms with Crippen LogP contribution in [0.15, 0.2) is 17.0 Å². The van der Waals surface area contributed by atoms with E-state index in [0.717, 1.165) is 15.5 Å². The summed E-state index contributed by atoms with van der Waals surface area (Å²) in [7, 11) is 1.54. The van der Waals surface area contributed by atoms with Gasteiger partial charge in [0.05, 0.1) is 5.39 Å². The van der Waals surface area contributed by atoms with Crippen molar-refractivity contribution in [1.82, 2.24) is 13.9 Å². The molecule has 2 rings (SSSR count). The fraction of sp³-hybridized carbons (Fsp3) is 0. The van der Waals surface area contributed by atoms with E-state index in [1.54, 1.807) is 0 Å². The smallest absolute Gasteiger partial charge is 0.156 e. The molecule has 13 heavy (non-hydrogen) atoms. The SMILES string of the molecule is Clc1ncnc2c1c(Br)cn2SI. The van der Waals surface area contributed by atoms with Crippen LogP contribution in [0.4, 0.5) is 0 Å². The van der Waals surface area contributed by atoms with Gasteiger partial charge in [-0.05, 0) is 15.9 Å². The van der Waals surface area contributed by atoms with E-state index in [0.29, 0.717) is 5.15 Å². The second-order valence-electron chi connectivity index (χ2n) is 2.23. The van der Waals surface area contributed by atoms with Crippen molar-refractivity contribution in [2.75, 3.05) is 0 Å². The molecule has 0 saturated carbocycles. The molecule has 0 unspecified atom stereocenters. The molecule has 0 saturated heterocycles. The molecular formula is C6H2BrClIN3S. The summed E-state index contributed by atoms with van der Waals surface area (Å²) in [5.41, 5.74) is 0.825. The highest BCUT2D eigenvalue weighted by Gasteiger charge is 2.11. The molecule has 0 radical (unpaired) electrons. The highest BCUT2D eigenvalue weighted by atomic mass is 127. The lowest BCUT2D eigenvalue weighted by molar-refractivity contribution is 1.18. The van der Waals surface area contributed by atoms with Crippen LogP contribution in [0.3, 0.4) is 0 Å². The largest absolute Gasteiger partial charge is 0.265 e. The molecule has 0 aromatic carbocycles. The predicted octanol–water partition coefficient (Wildman–Crippen LogP) is 3.69. The van der Waals surface area contributed by atoms with Crippen molar-refractivity contribution in [3.05, 3.63) is 22.1 Å². The summed E-state index contributed by atoms with van der Waals surface area (Å²) in [4.78, 5) is 8.06. The minimum absolute atomic E-state index is 0.473. The Kier molecular flexibility index (Phi) is 3.01. The van der Waals surface area contributed by atoms with E-state index in [1.807, 2.05) is 10.2 Å². The van der Waals surface area contributed by atoms with Gasteiger partial charge in [0.25, 0.3) is 0 Å². The summed E-state index contributed by atoms with van der Waals surface area (Å²) in [6, 6.07) is 0. The third-order valence-corrected chi connectivity index (χ3v) is 4.12. The van der Waals surface area contributed by atoms with E-state index in [4.69, 9.17) is 11.6 Å². The molecule has 3 nitrogen and oxygen atoms in total. The Morgan fingerprint density at radius 2 is 2.31 bits per heavy atom. The van der Waals surface area contributed by atoms with Crippen LogP contribution in [-0.2, 0) is 0 Å². The maximum Gasteiger partial charge on any atom is 0.156 e. The molecule has 0 atom stereocenters. The first kappa shape index (κ1) is 10.0. The standard InChI is InChI=1S/C6H2BrClIN3S/c7-3-1-12(13-9)6-4(3)5(8)10-2-11-6/h1-2H. The Hall–Kier alpha value is 0.470. The van der Waals surface area contributed by atoms with Crippen LogP contribution in [0.25, 0.3) is 11.0 Å². The van der Waals surface area contributed by atoms with Gasteiger partial charge in [-0.15, -0.1) is 0 Å². The molecule has 0 fully saturated rings. The van der Waals surface area contributed by atoms with Crippen molar-refractivity contribution in [3.63, 3.8) is 0 Å². The zero-order valence-corrected chi connectivity index (χ0v) is 11.4. The van der Waals surface area contributed by atoms with Gasteiger partial charge in [0.2, 0.25) is 0 Å². The molecule has 2 aromatic rings. The fourth-order valence-corrected chi connectivity index (χ4v) is 3.31. The van der Waals surface area contributed by atoms with E-state index < -0.39 is 0 Å². The Morgan fingerprint density at radius 1 is 1.54 bits per heavy atom. The lowest BCUT2D eigenvalue weighted by Crippen LogP contribution is -1.85. The first-order valence-electron chi connectivity index (χ1n) is 3.20. The number of rotatable bonds is 1. The third kappa shape index (κ3) is 1.69. The monoisotopic (exact) mass is 389 g/mol. The molecule has 68 valence electrons. The normalized spacial score (nSPS) is 11.0. The minimum atomic E-state index is 0.473. The van der Waals surface area contributed by atoms with Crippen LogP contribution in [0.5, 0.6) is 0 Å². The maximum absolute atomic E-state index is 5.93. The number of aromatic nitrogens is 3. The van der Waals surface area contributed by atoms with Crippen molar-refractivity contribution < 1.29 is 0 Å². The van der Waals surface area contributed by atoms with Crippen molar-refractivity contribution in [2.24, 2.45) is 0 Å². The van der Waals surface area contributed by atoms with Crippen LogP contribution in [0.1, 0.15) is 0 Å². The van der Waals surface area contributed by atoms with Crippen LogP contribution in [-0.4, -0.2) is 13.9 Å². The lowest BCUT2D eigenvalue weighted by Gasteiger charge is -1.95. The van der Waals surface area contributed by atoms with Gasteiger partial charge in [-0.1, -0.05) is 11.6 Å². The van der Waals surface area contributed by atoms with Gasteiger partial charge < -0.3 is 0 Å². The lowest BCUT2D eigenvalue weighted by atomic mass is 10.4. The van der Waals surface area contributed by atoms with E-state index >= 15 is 0 Å². The quantitative estimate of drug-likeness (QED) is 0.550. The molecule has 2 heterocycles. The van der Waals surface area contributed by atoms with Crippen LogP contribution in [0.2, 0.25) is 5.15 Å². The fourth-order valence-electron chi connectivity index (χ4n) is 1.01. The van der Waals surface area contributed by atoms with E-state index in [1.165, 1.54) is 15.4 Å². The van der Waals surface area contributed by atoms with Gasteiger partial charge in [0.15, 0.2) is 5.65 Å². The van der Waals surface area contributed by atoms with Gasteiger partial charge in [0, 0.05) is 41.0 Å². The van der Waals surface area contributed by atoms with Gasteiger partial charge in [-0.25, -0.2) is 9.97 Å². The van der Waals surface area contributed by atoms with Gasteiger partial charge in [-0.2, -0.15) is 0 Å². The molecule has 7 heteroatoms. The summed E-state index contributed by atoms with van der Waals surface area (Å²) < 4.78 is 2.84. The average Bonchev–Trinajstić information content (AvgIpc) is 2.44. The van der Waals surface area contributed by atoms with Crippen molar-refractivity contribution >= 4 is 68.9 Å². The number of halogens is 3. The number of hydrogen-bond donors (Lipinski definition) is 0. The average molecular weight is 390 g/mol. The third-order valence-electron chi connectivity index (χ3n) is 1.53. The molecule has 2 aromatic heterocycles. The predicted molar refractivity (Wildman–Crippen MR) is 67.2 cm³/mol. The van der Waals surface area contributed by atoms with Gasteiger partial charge >= 0.3 is 0 Å². The van der Waals surface area contributed by atoms with Crippen molar-refractivity contribution in [2.45, 2.75) is 0 Å². The Morgan fingerprint density at radius 3 is 3.00 bits per heavy atom. The Labute approximate surface area is 104 Å². The van der Waals surface area contributed by atoms with Crippen molar-refractivity contribution in [3.8, 4) is 0 Å². The van der Waals surface area contributed by atoms with Gasteiger partial charge in [-0.3, -0.25) is 3.97 Å². The first-order valence-corrected chi connectivity index (χ1v) is 7.69. The number of nitrogens with zero attached hydrogens (tertiary/aromatic N) is 3. The topological polar surface area (TPSA) is 30.7 Å². The van der Waals surface area contributed by atoms with E-state index in [9.17, 15) is 0 Å². The zero-order chi connectivity index (χ0) is 9.42. The Bertz CT molecular complexity index is 460. The molecule has 0 spiro atoms. The van der Waals surface area contributed by atoms with Crippen LogP contribution in [0, 0.1) is 0 Å². The molecule has 0 amide bonds. The summed E-state index contributed by atoms with van der Waals surface area (Å²) in [6.07, 6.45) is 3.38. The summed E-state index contributed by atoms with van der Waals surface area (Å²) in [6.45, 7) is 0. The first-order chi connectivity index (χ1) is 6.24. The van der Waals surface area contributed by atoms with Crippen LogP contribution >= 0.6 is 57.9 Å². The second kappa shape index (κ2) is 3.92. The zero-order valence-electron chi connectivity index (χ0n) is 6.04. The Balaban J connectivity index is 2.87. The molecular weight excluding hydrogens is 388 g/mol. The molecule has 0 aliphatic carbocycles. The van der Waals surface area contributed by atoms with Gasteiger partial charge in [0.1, 0.15) is 11.5 Å². The summed E-state index contributed by atoms with van der Waals surface area (Å²) in [5, 5.41) is 1.33. The minimum Gasteiger partial charge on any atom is -0.265 e. The maximum atomic E-state index is 5.93. The van der Waals surface area contributed by atoms with Crippen LogP contribution < -0.4 is 0 Å². The molecule has 0 bridgehead atoms. The van der Waals surface area contributed by atoms with E-state index in [2.05, 4.69) is 47.1 Å². The second-order valence-corrected chi connectivity index (χ2v) is 5.16. The summed E-state index contributed by atoms with van der Waals surface area (Å²) >= 11 is 11.5. The van der Waals surface area contributed by atoms with Crippen molar-refractivity contribution in [1.29, 1.82) is 0 Å². The van der Waals surface area contributed by atoms with E-state index in [-0.39, 0.29) is 0 Å². The highest BCUT2D eigenvalue weighted by molar-refractivity contribution is 14.2. The summed E-state index contributed by atoms with van der Waals surface area (Å²) in [5.74, 6) is 0. The number of hydrogen-bond acceptors (Lipinski definition) is 3. The molecule has 0 N–H and O–H groups in total. The number of fused-ring (bicyclic) bond motifs is 1. The molecule has 0 aliphatic heterocycles. The highest BCUT2D eigenvalue weighted by Crippen LogP contribution is 2.33. The molecule has 0 aliphatic rings.